The Hall–Kier alpha value is -2.38. The van der Waals surface area contributed by atoms with E-state index in [1.165, 1.54) is 12.8 Å². The van der Waals surface area contributed by atoms with Crippen LogP contribution in [0.3, 0.4) is 0 Å². The summed E-state index contributed by atoms with van der Waals surface area (Å²) in [6, 6.07) is 0.0382. The van der Waals surface area contributed by atoms with Gasteiger partial charge in [-0.25, -0.2) is 4.98 Å². The number of fused-ring (bicyclic) bond motifs is 1. The highest BCUT2D eigenvalue weighted by molar-refractivity contribution is 5.89. The van der Waals surface area contributed by atoms with Gasteiger partial charge in [-0.2, -0.15) is 0 Å². The molecule has 0 spiro atoms. The minimum Gasteiger partial charge on any atom is -0.359 e. The second kappa shape index (κ2) is 6.74. The van der Waals surface area contributed by atoms with E-state index in [0.29, 0.717) is 26.1 Å². The molecule has 1 aromatic heterocycles. The van der Waals surface area contributed by atoms with Gasteiger partial charge in [-0.1, -0.05) is 0 Å². The molecule has 3 amide bonds. The van der Waals surface area contributed by atoms with Gasteiger partial charge in [-0.3, -0.25) is 14.4 Å². The molecule has 2 saturated heterocycles. The maximum atomic E-state index is 12.5. The van der Waals surface area contributed by atoms with Crippen molar-refractivity contribution >= 4 is 17.7 Å². The molecule has 0 aromatic carbocycles. The first-order chi connectivity index (χ1) is 12.5. The van der Waals surface area contributed by atoms with Crippen LogP contribution in [0, 0.1) is 5.92 Å². The minimum atomic E-state index is -0.269. The van der Waals surface area contributed by atoms with E-state index >= 15 is 0 Å². The lowest BCUT2D eigenvalue weighted by atomic mass is 10.1. The van der Waals surface area contributed by atoms with Crippen molar-refractivity contribution in [1.82, 2.24) is 24.7 Å². The zero-order valence-electron chi connectivity index (χ0n) is 15.1. The van der Waals surface area contributed by atoms with Crippen LogP contribution in [0.2, 0.25) is 0 Å². The molecule has 1 unspecified atom stereocenters. The summed E-state index contributed by atoms with van der Waals surface area (Å²) in [5.41, 5.74) is 0.840. The Morgan fingerprint density at radius 2 is 2.08 bits per heavy atom. The smallest absolute Gasteiger partial charge is 0.228 e. The summed E-state index contributed by atoms with van der Waals surface area (Å²) in [4.78, 5) is 44.5. The van der Waals surface area contributed by atoms with E-state index in [9.17, 15) is 14.4 Å². The van der Waals surface area contributed by atoms with Gasteiger partial charge < -0.3 is 19.7 Å². The number of carbonyl (C=O) groups excluding carboxylic acids is 3. The number of nitrogens with zero attached hydrogens (tertiary/aromatic N) is 4. The maximum absolute atomic E-state index is 12.5. The van der Waals surface area contributed by atoms with Crippen molar-refractivity contribution in [3.8, 4) is 0 Å². The van der Waals surface area contributed by atoms with Gasteiger partial charge in [-0.05, 0) is 12.8 Å². The average Bonchev–Trinajstić information content (AvgIpc) is 3.16. The fourth-order valence-electron chi connectivity index (χ4n) is 4.14. The van der Waals surface area contributed by atoms with Crippen molar-refractivity contribution in [2.75, 3.05) is 26.7 Å². The quantitative estimate of drug-likeness (QED) is 0.790. The Labute approximate surface area is 152 Å². The Morgan fingerprint density at radius 3 is 2.81 bits per heavy atom. The molecule has 3 aliphatic rings. The number of likely N-dealkylation sites (tertiary alicyclic amines) is 2. The molecule has 4 heterocycles. The third-order valence-electron chi connectivity index (χ3n) is 5.72. The number of rotatable bonds is 4. The fraction of sp³-hybridized carbons (Fsp3) is 0.667. The van der Waals surface area contributed by atoms with Crippen LogP contribution in [-0.2, 0) is 33.8 Å². The van der Waals surface area contributed by atoms with Crippen molar-refractivity contribution in [2.45, 2.75) is 44.7 Å². The SMILES string of the molecule is CNC(=O)C1CC(=O)N(C2CN(C(=O)Cc3cn4c(n3)CCCC4)C2)C1. The van der Waals surface area contributed by atoms with E-state index < -0.39 is 0 Å². The second-order valence-corrected chi connectivity index (χ2v) is 7.49. The van der Waals surface area contributed by atoms with Gasteiger partial charge in [0, 0.05) is 52.3 Å². The average molecular weight is 359 g/mol. The first kappa shape index (κ1) is 17.1. The van der Waals surface area contributed by atoms with E-state index in [1.54, 1.807) is 16.8 Å². The summed E-state index contributed by atoms with van der Waals surface area (Å²) < 4.78 is 2.16. The molecule has 0 saturated carbocycles. The molecule has 1 atom stereocenters. The van der Waals surface area contributed by atoms with Gasteiger partial charge in [-0.15, -0.1) is 0 Å². The van der Waals surface area contributed by atoms with Crippen LogP contribution in [-0.4, -0.2) is 69.8 Å². The predicted octanol–water partition coefficient (Wildman–Crippen LogP) is -0.433. The summed E-state index contributed by atoms with van der Waals surface area (Å²) in [6.07, 6.45) is 5.92. The van der Waals surface area contributed by atoms with Crippen molar-refractivity contribution in [3.63, 3.8) is 0 Å². The van der Waals surface area contributed by atoms with Crippen LogP contribution in [0.5, 0.6) is 0 Å². The second-order valence-electron chi connectivity index (χ2n) is 7.49. The van der Waals surface area contributed by atoms with Gasteiger partial charge in [0.05, 0.1) is 24.1 Å². The van der Waals surface area contributed by atoms with Crippen molar-refractivity contribution in [2.24, 2.45) is 5.92 Å². The molecule has 1 N–H and O–H groups in total. The van der Waals surface area contributed by atoms with E-state index in [4.69, 9.17) is 0 Å². The lowest BCUT2D eigenvalue weighted by Crippen LogP contribution is -2.61. The number of nitrogens with one attached hydrogen (secondary N) is 1. The van der Waals surface area contributed by atoms with Gasteiger partial charge in [0.2, 0.25) is 17.7 Å². The summed E-state index contributed by atoms with van der Waals surface area (Å²) >= 11 is 0. The molecule has 0 radical (unpaired) electrons. The topological polar surface area (TPSA) is 87.5 Å². The predicted molar refractivity (Wildman–Crippen MR) is 93.1 cm³/mol. The number of aromatic nitrogens is 2. The molecule has 0 bridgehead atoms. The number of amides is 3. The molecule has 8 nitrogen and oxygen atoms in total. The molecule has 4 rings (SSSR count). The van der Waals surface area contributed by atoms with Crippen LogP contribution >= 0.6 is 0 Å². The number of hydrogen-bond acceptors (Lipinski definition) is 4. The zero-order chi connectivity index (χ0) is 18.3. The maximum Gasteiger partial charge on any atom is 0.228 e. The van der Waals surface area contributed by atoms with Crippen molar-refractivity contribution < 1.29 is 14.4 Å². The Bertz CT molecular complexity index is 714. The highest BCUT2D eigenvalue weighted by Crippen LogP contribution is 2.25. The number of imidazole rings is 1. The molecule has 2 fully saturated rings. The van der Waals surface area contributed by atoms with Crippen LogP contribution in [0.15, 0.2) is 6.20 Å². The van der Waals surface area contributed by atoms with Gasteiger partial charge in [0.15, 0.2) is 0 Å². The lowest BCUT2D eigenvalue weighted by Gasteiger charge is -2.44. The van der Waals surface area contributed by atoms with Gasteiger partial charge in [0.25, 0.3) is 0 Å². The highest BCUT2D eigenvalue weighted by Gasteiger charge is 2.43. The largest absolute Gasteiger partial charge is 0.359 e. The zero-order valence-corrected chi connectivity index (χ0v) is 15.1. The van der Waals surface area contributed by atoms with Gasteiger partial charge in [0.1, 0.15) is 5.82 Å². The normalized spacial score (nSPS) is 23.0. The molecule has 140 valence electrons. The fourth-order valence-corrected chi connectivity index (χ4v) is 4.14. The van der Waals surface area contributed by atoms with E-state index in [1.807, 2.05) is 6.20 Å². The third-order valence-corrected chi connectivity index (χ3v) is 5.72. The van der Waals surface area contributed by atoms with Crippen LogP contribution in [0.25, 0.3) is 0 Å². The Balaban J connectivity index is 1.29. The highest BCUT2D eigenvalue weighted by atomic mass is 16.2. The molecular formula is C18H25N5O3. The third kappa shape index (κ3) is 3.08. The number of aryl methyl sites for hydroxylation is 2. The summed E-state index contributed by atoms with van der Waals surface area (Å²) in [7, 11) is 1.59. The van der Waals surface area contributed by atoms with Crippen molar-refractivity contribution in [1.29, 1.82) is 0 Å². The first-order valence-corrected chi connectivity index (χ1v) is 9.39. The lowest BCUT2D eigenvalue weighted by molar-refractivity contribution is -0.143. The van der Waals surface area contributed by atoms with Crippen molar-refractivity contribution in [3.05, 3.63) is 17.7 Å². The standard InChI is InChI=1S/C18H25N5O3/c1-19-18(26)12-6-17(25)23(8-12)14-10-22(11-14)16(24)7-13-9-21-5-3-2-4-15(21)20-13/h9,12,14H,2-8,10-11H2,1H3,(H,19,26). The van der Waals surface area contributed by atoms with Crippen LogP contribution < -0.4 is 5.32 Å². The van der Waals surface area contributed by atoms with E-state index in [0.717, 1.165) is 24.5 Å². The molecule has 0 aliphatic carbocycles. The summed E-state index contributed by atoms with van der Waals surface area (Å²) in [5.74, 6) is 0.804. The molecule has 26 heavy (non-hydrogen) atoms. The van der Waals surface area contributed by atoms with Gasteiger partial charge >= 0.3 is 0 Å². The Kier molecular flexibility index (Phi) is 4.42. The first-order valence-electron chi connectivity index (χ1n) is 9.39. The molecular weight excluding hydrogens is 334 g/mol. The monoisotopic (exact) mass is 359 g/mol. The van der Waals surface area contributed by atoms with E-state index in [-0.39, 0.29) is 36.1 Å². The number of carbonyl (C=O) groups is 3. The Morgan fingerprint density at radius 1 is 1.27 bits per heavy atom. The van der Waals surface area contributed by atoms with Crippen LogP contribution in [0.1, 0.15) is 30.8 Å². The minimum absolute atomic E-state index is 0.0116. The van der Waals surface area contributed by atoms with E-state index in [2.05, 4.69) is 14.9 Å². The summed E-state index contributed by atoms with van der Waals surface area (Å²) in [6.45, 7) is 2.56. The molecule has 3 aliphatic heterocycles. The molecule has 8 heteroatoms. The summed E-state index contributed by atoms with van der Waals surface area (Å²) in [5, 5.41) is 2.61. The molecule has 1 aromatic rings. The number of hydrogen-bond donors (Lipinski definition) is 1. The van der Waals surface area contributed by atoms with Crippen LogP contribution in [0.4, 0.5) is 0 Å².